The van der Waals surface area contributed by atoms with Crippen molar-refractivity contribution in [3.63, 3.8) is 0 Å². The average molecular weight is 277 g/mol. The number of carbonyl (C=O) groups is 1. The zero-order chi connectivity index (χ0) is 12.7. The molecule has 0 radical (unpaired) electrons. The van der Waals surface area contributed by atoms with Gasteiger partial charge in [0.2, 0.25) is 5.91 Å². The van der Waals surface area contributed by atoms with Crippen LogP contribution in [-0.4, -0.2) is 25.5 Å². The zero-order valence-electron chi connectivity index (χ0n) is 12.1. The first kappa shape index (κ1) is 17.7. The summed E-state index contributed by atoms with van der Waals surface area (Å²) in [6.07, 6.45) is 5.41. The highest BCUT2D eigenvalue weighted by molar-refractivity contribution is 5.85. The molecular formula is C14H29ClN2O. The van der Waals surface area contributed by atoms with Gasteiger partial charge >= 0.3 is 0 Å². The Morgan fingerprint density at radius 1 is 1.17 bits per heavy atom. The van der Waals surface area contributed by atoms with Crippen molar-refractivity contribution >= 4 is 18.3 Å². The summed E-state index contributed by atoms with van der Waals surface area (Å²) in [7, 11) is 0. The third-order valence-corrected chi connectivity index (χ3v) is 4.60. The van der Waals surface area contributed by atoms with Crippen molar-refractivity contribution < 1.29 is 4.79 Å². The molecule has 0 unspecified atom stereocenters. The van der Waals surface area contributed by atoms with Crippen LogP contribution in [0.1, 0.15) is 52.9 Å². The Labute approximate surface area is 118 Å². The molecule has 1 rings (SSSR count). The second-order valence-electron chi connectivity index (χ2n) is 5.30. The number of rotatable bonds is 6. The number of hydrogen-bond donors (Lipinski definition) is 2. The summed E-state index contributed by atoms with van der Waals surface area (Å²) in [5.74, 6) is 0.505. The van der Waals surface area contributed by atoms with Crippen LogP contribution in [-0.2, 0) is 4.79 Å². The molecule has 108 valence electrons. The van der Waals surface area contributed by atoms with Gasteiger partial charge in [-0.2, -0.15) is 0 Å². The fourth-order valence-electron chi connectivity index (χ4n) is 2.63. The molecule has 0 bridgehead atoms. The molecule has 2 N–H and O–H groups in total. The molecule has 0 aromatic carbocycles. The number of carbonyl (C=O) groups excluding carboxylic acids is 1. The molecular weight excluding hydrogens is 248 g/mol. The molecule has 0 aromatic rings. The summed E-state index contributed by atoms with van der Waals surface area (Å²) in [6.45, 7) is 9.49. The second kappa shape index (κ2) is 8.76. The van der Waals surface area contributed by atoms with E-state index in [1.54, 1.807) is 0 Å². The Morgan fingerprint density at radius 3 is 2.11 bits per heavy atom. The normalized spacial score (nSPS) is 17.1. The van der Waals surface area contributed by atoms with Crippen molar-refractivity contribution in [3.05, 3.63) is 0 Å². The Morgan fingerprint density at radius 2 is 1.67 bits per heavy atom. The van der Waals surface area contributed by atoms with Gasteiger partial charge in [0, 0.05) is 12.5 Å². The van der Waals surface area contributed by atoms with E-state index in [0.717, 1.165) is 51.7 Å². The monoisotopic (exact) mass is 276 g/mol. The second-order valence-corrected chi connectivity index (χ2v) is 5.30. The molecule has 1 fully saturated rings. The van der Waals surface area contributed by atoms with Crippen molar-refractivity contribution in [2.75, 3.05) is 19.6 Å². The summed E-state index contributed by atoms with van der Waals surface area (Å²) in [5.41, 5.74) is 0.308. The van der Waals surface area contributed by atoms with Gasteiger partial charge in [-0.1, -0.05) is 20.8 Å². The lowest BCUT2D eigenvalue weighted by Gasteiger charge is -2.32. The topological polar surface area (TPSA) is 41.1 Å². The van der Waals surface area contributed by atoms with Crippen LogP contribution in [0, 0.1) is 11.3 Å². The minimum atomic E-state index is 0. The highest BCUT2D eigenvalue weighted by Crippen LogP contribution is 2.29. The smallest absolute Gasteiger partial charge is 0.223 e. The molecule has 4 heteroatoms. The van der Waals surface area contributed by atoms with Crippen molar-refractivity contribution in [3.8, 4) is 0 Å². The minimum Gasteiger partial charge on any atom is -0.355 e. The highest BCUT2D eigenvalue weighted by atomic mass is 35.5. The zero-order valence-corrected chi connectivity index (χ0v) is 12.9. The quantitative estimate of drug-likeness (QED) is 0.783. The summed E-state index contributed by atoms with van der Waals surface area (Å²) in [4.78, 5) is 12.1. The standard InChI is InChI=1S/C14H28N2O.ClH/c1-4-14(5-2,6-3)11-16-13(17)12-7-9-15-10-8-12;/h12,15H,4-11H2,1-3H3,(H,16,17);1H. The Hall–Kier alpha value is -0.280. The van der Waals surface area contributed by atoms with Crippen molar-refractivity contribution in [1.29, 1.82) is 0 Å². The van der Waals surface area contributed by atoms with Gasteiger partial charge in [0.1, 0.15) is 0 Å². The summed E-state index contributed by atoms with van der Waals surface area (Å²) in [5, 5.41) is 6.47. The molecule has 1 amide bonds. The van der Waals surface area contributed by atoms with Gasteiger partial charge in [-0.25, -0.2) is 0 Å². The average Bonchev–Trinajstić information content (AvgIpc) is 2.41. The van der Waals surface area contributed by atoms with E-state index in [9.17, 15) is 4.79 Å². The lowest BCUT2D eigenvalue weighted by atomic mass is 9.79. The van der Waals surface area contributed by atoms with Crippen LogP contribution in [0.2, 0.25) is 0 Å². The number of piperidine rings is 1. The molecule has 0 spiro atoms. The third-order valence-electron chi connectivity index (χ3n) is 4.60. The fraction of sp³-hybridized carbons (Fsp3) is 0.929. The van der Waals surface area contributed by atoms with E-state index in [0.29, 0.717) is 5.41 Å². The van der Waals surface area contributed by atoms with Crippen molar-refractivity contribution in [2.24, 2.45) is 11.3 Å². The van der Waals surface area contributed by atoms with E-state index in [4.69, 9.17) is 0 Å². The lowest BCUT2D eigenvalue weighted by molar-refractivity contribution is -0.126. The number of nitrogens with one attached hydrogen (secondary N) is 2. The molecule has 18 heavy (non-hydrogen) atoms. The summed E-state index contributed by atoms with van der Waals surface area (Å²) in [6, 6.07) is 0. The van der Waals surface area contributed by atoms with Gasteiger partial charge in [-0.05, 0) is 50.6 Å². The SMILES string of the molecule is CCC(CC)(CC)CNC(=O)C1CCNCC1.Cl. The maximum atomic E-state index is 12.1. The highest BCUT2D eigenvalue weighted by Gasteiger charge is 2.27. The van der Waals surface area contributed by atoms with Crippen LogP contribution in [0.5, 0.6) is 0 Å². The van der Waals surface area contributed by atoms with E-state index in [2.05, 4.69) is 31.4 Å². The predicted octanol–water partition coefficient (Wildman–Crippen LogP) is 2.74. The van der Waals surface area contributed by atoms with Crippen LogP contribution in [0.15, 0.2) is 0 Å². The number of amides is 1. The van der Waals surface area contributed by atoms with Crippen LogP contribution in [0.3, 0.4) is 0 Å². The van der Waals surface area contributed by atoms with E-state index in [-0.39, 0.29) is 24.2 Å². The van der Waals surface area contributed by atoms with Gasteiger partial charge in [-0.3, -0.25) is 4.79 Å². The van der Waals surface area contributed by atoms with Gasteiger partial charge < -0.3 is 10.6 Å². The van der Waals surface area contributed by atoms with Crippen LogP contribution >= 0.6 is 12.4 Å². The van der Waals surface area contributed by atoms with E-state index >= 15 is 0 Å². The molecule has 1 heterocycles. The Balaban J connectivity index is 0.00000289. The summed E-state index contributed by atoms with van der Waals surface area (Å²) < 4.78 is 0. The van der Waals surface area contributed by atoms with Gasteiger partial charge in [0.15, 0.2) is 0 Å². The fourth-order valence-corrected chi connectivity index (χ4v) is 2.63. The van der Waals surface area contributed by atoms with Crippen molar-refractivity contribution in [1.82, 2.24) is 10.6 Å². The van der Waals surface area contributed by atoms with Gasteiger partial charge in [0.05, 0.1) is 0 Å². The number of halogens is 1. The minimum absolute atomic E-state index is 0. The van der Waals surface area contributed by atoms with Gasteiger partial charge in [-0.15, -0.1) is 12.4 Å². The summed E-state index contributed by atoms with van der Waals surface area (Å²) >= 11 is 0. The molecule has 0 atom stereocenters. The first-order valence-electron chi connectivity index (χ1n) is 7.16. The maximum Gasteiger partial charge on any atom is 0.223 e. The van der Waals surface area contributed by atoms with E-state index in [1.165, 1.54) is 0 Å². The first-order chi connectivity index (χ1) is 8.17. The van der Waals surface area contributed by atoms with E-state index in [1.807, 2.05) is 0 Å². The third kappa shape index (κ3) is 4.77. The predicted molar refractivity (Wildman–Crippen MR) is 79.2 cm³/mol. The molecule has 0 aromatic heterocycles. The molecule has 1 aliphatic rings. The Kier molecular flexibility index (Phi) is 8.62. The van der Waals surface area contributed by atoms with E-state index < -0.39 is 0 Å². The molecule has 1 saturated heterocycles. The molecule has 0 aliphatic carbocycles. The van der Waals surface area contributed by atoms with Crippen LogP contribution in [0.25, 0.3) is 0 Å². The maximum absolute atomic E-state index is 12.1. The Bertz CT molecular complexity index is 228. The molecule has 1 aliphatic heterocycles. The largest absolute Gasteiger partial charge is 0.355 e. The van der Waals surface area contributed by atoms with Crippen molar-refractivity contribution in [2.45, 2.75) is 52.9 Å². The van der Waals surface area contributed by atoms with Crippen LogP contribution in [0.4, 0.5) is 0 Å². The first-order valence-corrected chi connectivity index (χ1v) is 7.16. The van der Waals surface area contributed by atoms with Gasteiger partial charge in [0.25, 0.3) is 0 Å². The molecule has 3 nitrogen and oxygen atoms in total. The lowest BCUT2D eigenvalue weighted by Crippen LogP contribution is -2.42. The van der Waals surface area contributed by atoms with Crippen LogP contribution < -0.4 is 10.6 Å². The number of hydrogen-bond acceptors (Lipinski definition) is 2. The molecule has 0 saturated carbocycles.